The van der Waals surface area contributed by atoms with E-state index in [1.807, 2.05) is 43.1 Å². The molecule has 0 bridgehead atoms. The molecule has 1 atom stereocenters. The smallest absolute Gasteiger partial charge is 0.227 e. The highest BCUT2D eigenvalue weighted by molar-refractivity contribution is 7.86. The molecule has 118 valence electrons. The molecule has 1 aromatic carbocycles. The van der Waals surface area contributed by atoms with Crippen molar-refractivity contribution in [2.45, 2.75) is 25.0 Å². The van der Waals surface area contributed by atoms with Crippen LogP contribution in [0, 0.1) is 0 Å². The van der Waals surface area contributed by atoms with Gasteiger partial charge in [-0.25, -0.2) is 0 Å². The summed E-state index contributed by atoms with van der Waals surface area (Å²) in [6.45, 7) is 5.02. The van der Waals surface area contributed by atoms with E-state index in [1.165, 1.54) is 0 Å². The maximum absolute atomic E-state index is 12.6. The summed E-state index contributed by atoms with van der Waals surface area (Å²) in [6, 6.07) is 5.62. The Bertz CT molecular complexity index is 754. The van der Waals surface area contributed by atoms with Gasteiger partial charge in [0.15, 0.2) is 0 Å². The Morgan fingerprint density at radius 1 is 1.45 bits per heavy atom. The quantitative estimate of drug-likeness (QED) is 0.915. The normalized spacial score (nSPS) is 21.2. The van der Waals surface area contributed by atoms with Crippen LogP contribution in [0.25, 0.3) is 10.9 Å². The number of nitrogens with one attached hydrogen (secondary N) is 1. The predicted octanol–water partition coefficient (Wildman–Crippen LogP) is 2.73. The lowest BCUT2D eigenvalue weighted by Crippen LogP contribution is -2.52. The van der Waals surface area contributed by atoms with Crippen molar-refractivity contribution in [3.63, 3.8) is 0 Å². The molecule has 0 aliphatic carbocycles. The number of aromatic nitrogens is 1. The first-order valence-electron chi connectivity index (χ1n) is 7.28. The fourth-order valence-corrected chi connectivity index (χ4v) is 4.28. The van der Waals surface area contributed by atoms with E-state index in [9.17, 15) is 9.00 Å². The number of benzene rings is 1. The average molecular weight is 339 g/mol. The molecule has 0 saturated carbocycles. The molecular formula is C16H19ClN2O2S. The highest BCUT2D eigenvalue weighted by Crippen LogP contribution is 2.25. The summed E-state index contributed by atoms with van der Waals surface area (Å²) in [5, 5.41) is 1.65. The molecule has 2 heterocycles. The Hall–Kier alpha value is -1.33. The second-order valence-corrected chi connectivity index (χ2v) is 8.95. The third kappa shape index (κ3) is 2.92. The molecule has 1 aliphatic rings. The van der Waals surface area contributed by atoms with E-state index < -0.39 is 10.8 Å². The Morgan fingerprint density at radius 3 is 2.95 bits per heavy atom. The van der Waals surface area contributed by atoms with Gasteiger partial charge in [0.2, 0.25) is 5.91 Å². The average Bonchev–Trinajstić information content (AvgIpc) is 2.84. The number of aromatic amines is 1. The van der Waals surface area contributed by atoms with Gasteiger partial charge in [-0.1, -0.05) is 11.6 Å². The highest BCUT2D eigenvalue weighted by Gasteiger charge is 2.35. The van der Waals surface area contributed by atoms with E-state index in [0.717, 1.165) is 16.5 Å². The van der Waals surface area contributed by atoms with Crippen molar-refractivity contribution in [1.29, 1.82) is 0 Å². The van der Waals surface area contributed by atoms with Crippen LogP contribution in [0.4, 0.5) is 0 Å². The van der Waals surface area contributed by atoms with Crippen molar-refractivity contribution in [2.24, 2.45) is 0 Å². The largest absolute Gasteiger partial charge is 0.361 e. The highest BCUT2D eigenvalue weighted by atomic mass is 35.5. The lowest BCUT2D eigenvalue weighted by Gasteiger charge is -2.37. The van der Waals surface area contributed by atoms with Gasteiger partial charge in [0.25, 0.3) is 0 Å². The van der Waals surface area contributed by atoms with Crippen LogP contribution >= 0.6 is 11.6 Å². The minimum atomic E-state index is -0.869. The van der Waals surface area contributed by atoms with Crippen molar-refractivity contribution in [1.82, 2.24) is 9.88 Å². The number of nitrogens with zero attached hydrogens (tertiary/aromatic N) is 1. The van der Waals surface area contributed by atoms with Gasteiger partial charge in [-0.3, -0.25) is 9.00 Å². The molecule has 1 fully saturated rings. The zero-order chi connectivity index (χ0) is 15.9. The zero-order valence-electron chi connectivity index (χ0n) is 12.7. The van der Waals surface area contributed by atoms with Gasteiger partial charge in [-0.05, 0) is 37.6 Å². The van der Waals surface area contributed by atoms with Crippen LogP contribution in [0.5, 0.6) is 0 Å². The van der Waals surface area contributed by atoms with E-state index in [0.29, 0.717) is 30.3 Å². The molecule has 6 heteroatoms. The van der Waals surface area contributed by atoms with E-state index in [4.69, 9.17) is 11.6 Å². The van der Waals surface area contributed by atoms with Crippen molar-refractivity contribution in [3.05, 3.63) is 35.0 Å². The summed E-state index contributed by atoms with van der Waals surface area (Å²) in [4.78, 5) is 17.6. The summed E-state index contributed by atoms with van der Waals surface area (Å²) in [5.41, 5.74) is 1.93. The van der Waals surface area contributed by atoms with Gasteiger partial charge in [0, 0.05) is 51.8 Å². The van der Waals surface area contributed by atoms with Crippen LogP contribution in [0.3, 0.4) is 0 Å². The number of carbonyl (C=O) groups is 1. The Labute approximate surface area is 137 Å². The number of H-pyrrole nitrogens is 1. The Balaban J connectivity index is 1.79. The third-order valence-electron chi connectivity index (χ3n) is 4.16. The molecule has 1 saturated heterocycles. The number of fused-ring (bicyclic) bond motifs is 1. The van der Waals surface area contributed by atoms with Gasteiger partial charge in [0.1, 0.15) is 0 Å². The first-order chi connectivity index (χ1) is 10.4. The van der Waals surface area contributed by atoms with E-state index in [-0.39, 0.29) is 10.7 Å². The van der Waals surface area contributed by atoms with Crippen LogP contribution < -0.4 is 0 Å². The second kappa shape index (κ2) is 5.70. The number of hydrogen-bond donors (Lipinski definition) is 1. The van der Waals surface area contributed by atoms with Crippen molar-refractivity contribution < 1.29 is 9.00 Å². The van der Waals surface area contributed by atoms with Crippen LogP contribution in [-0.4, -0.2) is 43.6 Å². The lowest BCUT2D eigenvalue weighted by molar-refractivity contribution is -0.130. The molecule has 0 unspecified atom stereocenters. The topological polar surface area (TPSA) is 53.2 Å². The van der Waals surface area contributed by atoms with Gasteiger partial charge < -0.3 is 9.88 Å². The van der Waals surface area contributed by atoms with E-state index in [2.05, 4.69) is 4.98 Å². The predicted molar refractivity (Wildman–Crippen MR) is 90.7 cm³/mol. The maximum atomic E-state index is 12.6. The maximum Gasteiger partial charge on any atom is 0.227 e. The van der Waals surface area contributed by atoms with Crippen molar-refractivity contribution in [3.8, 4) is 0 Å². The fourth-order valence-electron chi connectivity index (χ4n) is 2.86. The number of amides is 1. The number of rotatable bonds is 2. The van der Waals surface area contributed by atoms with Crippen molar-refractivity contribution >= 4 is 39.2 Å². The zero-order valence-corrected chi connectivity index (χ0v) is 14.3. The Kier molecular flexibility index (Phi) is 4.03. The SMILES string of the molecule is CC1(C)CN(C(=O)Cc2c[nH]c3ccc(Cl)cc23)CC[S@]1=O. The summed E-state index contributed by atoms with van der Waals surface area (Å²) in [7, 11) is -0.869. The third-order valence-corrected chi connectivity index (χ3v) is 6.31. The molecule has 0 radical (unpaired) electrons. The molecule has 2 aromatic rings. The van der Waals surface area contributed by atoms with Gasteiger partial charge in [-0.2, -0.15) is 0 Å². The molecule has 4 nitrogen and oxygen atoms in total. The number of hydrogen-bond acceptors (Lipinski definition) is 2. The molecule has 1 amide bonds. The molecular weight excluding hydrogens is 320 g/mol. The molecule has 3 rings (SSSR count). The van der Waals surface area contributed by atoms with Gasteiger partial charge in [-0.15, -0.1) is 0 Å². The number of carbonyl (C=O) groups excluding carboxylic acids is 1. The second-order valence-electron chi connectivity index (χ2n) is 6.31. The Morgan fingerprint density at radius 2 is 2.23 bits per heavy atom. The first kappa shape index (κ1) is 15.6. The summed E-state index contributed by atoms with van der Waals surface area (Å²) in [5.74, 6) is 0.629. The van der Waals surface area contributed by atoms with E-state index >= 15 is 0 Å². The first-order valence-corrected chi connectivity index (χ1v) is 8.98. The fraction of sp³-hybridized carbons (Fsp3) is 0.438. The summed E-state index contributed by atoms with van der Waals surface area (Å²) >= 11 is 6.04. The lowest BCUT2D eigenvalue weighted by atomic mass is 10.1. The minimum Gasteiger partial charge on any atom is -0.361 e. The summed E-state index contributed by atoms with van der Waals surface area (Å²) in [6.07, 6.45) is 2.20. The standard InChI is InChI=1S/C16H19ClN2O2S/c1-16(2)10-19(5-6-22(16)21)15(20)7-11-9-18-14-4-3-12(17)8-13(11)14/h3-4,8-9,18H,5-7,10H2,1-2H3/t22-/m1/s1. The van der Waals surface area contributed by atoms with Crippen LogP contribution in [0.2, 0.25) is 5.02 Å². The van der Waals surface area contributed by atoms with Crippen LogP contribution in [0.1, 0.15) is 19.4 Å². The van der Waals surface area contributed by atoms with Gasteiger partial charge in [0.05, 0.1) is 11.2 Å². The van der Waals surface area contributed by atoms with Crippen LogP contribution in [-0.2, 0) is 22.0 Å². The van der Waals surface area contributed by atoms with Gasteiger partial charge >= 0.3 is 0 Å². The number of halogens is 1. The molecule has 22 heavy (non-hydrogen) atoms. The van der Waals surface area contributed by atoms with Crippen LogP contribution in [0.15, 0.2) is 24.4 Å². The molecule has 1 aliphatic heterocycles. The minimum absolute atomic E-state index is 0.0747. The van der Waals surface area contributed by atoms with E-state index in [1.54, 1.807) is 0 Å². The summed E-state index contributed by atoms with van der Waals surface area (Å²) < 4.78 is 11.6. The monoisotopic (exact) mass is 338 g/mol. The molecule has 0 spiro atoms. The van der Waals surface area contributed by atoms with Crippen molar-refractivity contribution in [2.75, 3.05) is 18.8 Å². The molecule has 1 N–H and O–H groups in total. The molecule has 1 aromatic heterocycles.